The smallest absolute Gasteiger partial charge is 0.253 e. The van der Waals surface area contributed by atoms with Gasteiger partial charge in [0.25, 0.3) is 5.91 Å². The first-order chi connectivity index (χ1) is 12.1. The van der Waals surface area contributed by atoms with Crippen LogP contribution >= 0.6 is 0 Å². The largest absolute Gasteiger partial charge is 0.384 e. The first kappa shape index (κ1) is 18.0. The van der Waals surface area contributed by atoms with Crippen LogP contribution in [0, 0.1) is 18.8 Å². The Morgan fingerprint density at radius 1 is 1.40 bits per heavy atom. The van der Waals surface area contributed by atoms with Crippen LogP contribution in [0.1, 0.15) is 54.2 Å². The molecule has 2 aromatic heterocycles. The van der Waals surface area contributed by atoms with Crippen molar-refractivity contribution in [1.29, 1.82) is 0 Å². The van der Waals surface area contributed by atoms with Crippen LogP contribution in [0.5, 0.6) is 0 Å². The number of methoxy groups -OCH3 is 1. The number of carbonyl (C=O) groups is 1. The number of ether oxygens (including phenoxy) is 1. The summed E-state index contributed by atoms with van der Waals surface area (Å²) in [5.41, 5.74) is 4.05. The summed E-state index contributed by atoms with van der Waals surface area (Å²) in [6.45, 7) is 5.83. The Kier molecular flexibility index (Phi) is 5.79. The summed E-state index contributed by atoms with van der Waals surface area (Å²) in [4.78, 5) is 12.9. The molecule has 2 unspecified atom stereocenters. The highest BCUT2D eigenvalue weighted by Gasteiger charge is 2.21. The van der Waals surface area contributed by atoms with E-state index in [9.17, 15) is 4.79 Å². The Morgan fingerprint density at radius 2 is 2.24 bits per heavy atom. The zero-order valence-electron chi connectivity index (χ0n) is 15.7. The highest BCUT2D eigenvalue weighted by atomic mass is 16.5. The minimum absolute atomic E-state index is 0.0497. The lowest BCUT2D eigenvalue weighted by atomic mass is 9.82. The molecule has 1 saturated carbocycles. The van der Waals surface area contributed by atoms with Crippen LogP contribution in [0.2, 0.25) is 0 Å². The molecule has 0 bridgehead atoms. The summed E-state index contributed by atoms with van der Waals surface area (Å²) in [6.07, 6.45) is 7.92. The maximum absolute atomic E-state index is 12.9. The first-order valence-electron chi connectivity index (χ1n) is 9.46. The van der Waals surface area contributed by atoms with E-state index in [1.54, 1.807) is 7.11 Å². The molecule has 0 radical (unpaired) electrons. The molecule has 0 aromatic carbocycles. The van der Waals surface area contributed by atoms with Crippen LogP contribution in [0.3, 0.4) is 0 Å². The molecule has 2 aromatic rings. The summed E-state index contributed by atoms with van der Waals surface area (Å²) in [6, 6.07) is 6.12. The molecule has 1 fully saturated rings. The maximum atomic E-state index is 12.9. The van der Waals surface area contributed by atoms with Gasteiger partial charge in [0, 0.05) is 32.0 Å². The lowest BCUT2D eigenvalue weighted by Gasteiger charge is -2.26. The van der Waals surface area contributed by atoms with Crippen LogP contribution in [-0.4, -0.2) is 30.6 Å². The molecule has 0 saturated heterocycles. The fourth-order valence-electron chi connectivity index (χ4n) is 4.15. The number of aryl methyl sites for hydroxylation is 1. The van der Waals surface area contributed by atoms with E-state index in [-0.39, 0.29) is 5.91 Å². The normalized spacial score (nSPS) is 20.8. The van der Waals surface area contributed by atoms with Gasteiger partial charge in [0.1, 0.15) is 0 Å². The number of rotatable bonds is 6. The standard InChI is InChI=1S/C21H30N2O2/c1-15-6-4-8-17(12-15)14-22-21(24)19-13-18(9-11-25-3)23-10-5-7-16(2)20(19)23/h5,7,10,13,15,17H,4,6,8-9,11-12,14H2,1-3H3,(H,22,24). The van der Waals surface area contributed by atoms with Gasteiger partial charge in [-0.05, 0) is 49.3 Å². The minimum atomic E-state index is 0.0497. The topological polar surface area (TPSA) is 42.7 Å². The second-order valence-corrected chi connectivity index (χ2v) is 7.55. The first-order valence-corrected chi connectivity index (χ1v) is 9.46. The molecule has 0 aliphatic heterocycles. The van der Waals surface area contributed by atoms with Crippen LogP contribution in [0.15, 0.2) is 24.4 Å². The van der Waals surface area contributed by atoms with Crippen molar-refractivity contribution in [3.05, 3.63) is 41.2 Å². The van der Waals surface area contributed by atoms with E-state index in [4.69, 9.17) is 4.74 Å². The van der Waals surface area contributed by atoms with E-state index in [0.717, 1.165) is 41.2 Å². The molecule has 2 atom stereocenters. The molecule has 25 heavy (non-hydrogen) atoms. The number of nitrogens with one attached hydrogen (secondary N) is 1. The monoisotopic (exact) mass is 342 g/mol. The van der Waals surface area contributed by atoms with E-state index < -0.39 is 0 Å². The van der Waals surface area contributed by atoms with E-state index in [0.29, 0.717) is 12.5 Å². The Balaban J connectivity index is 1.78. The second-order valence-electron chi connectivity index (χ2n) is 7.55. The van der Waals surface area contributed by atoms with Crippen molar-refractivity contribution in [2.45, 2.75) is 46.0 Å². The summed E-state index contributed by atoms with van der Waals surface area (Å²) in [7, 11) is 1.71. The predicted octanol–water partition coefficient (Wildman–Crippen LogP) is 3.99. The highest BCUT2D eigenvalue weighted by molar-refractivity contribution is 6.02. The van der Waals surface area contributed by atoms with Crippen molar-refractivity contribution in [3.63, 3.8) is 0 Å². The van der Waals surface area contributed by atoms with Gasteiger partial charge in [0.2, 0.25) is 0 Å². The van der Waals surface area contributed by atoms with Crippen molar-refractivity contribution in [2.24, 2.45) is 11.8 Å². The van der Waals surface area contributed by atoms with Gasteiger partial charge < -0.3 is 14.5 Å². The lowest BCUT2D eigenvalue weighted by Crippen LogP contribution is -2.31. The summed E-state index contributed by atoms with van der Waals surface area (Å²) < 4.78 is 7.35. The third kappa shape index (κ3) is 4.06. The van der Waals surface area contributed by atoms with Gasteiger partial charge in [0.05, 0.1) is 17.7 Å². The van der Waals surface area contributed by atoms with Gasteiger partial charge in [-0.3, -0.25) is 4.79 Å². The number of hydrogen-bond donors (Lipinski definition) is 1. The quantitative estimate of drug-likeness (QED) is 0.862. The number of amides is 1. The molecule has 2 heterocycles. The molecule has 1 N–H and O–H groups in total. The minimum Gasteiger partial charge on any atom is -0.384 e. The van der Waals surface area contributed by atoms with E-state index >= 15 is 0 Å². The van der Waals surface area contributed by atoms with Gasteiger partial charge in [0.15, 0.2) is 0 Å². The number of fused-ring (bicyclic) bond motifs is 1. The zero-order valence-corrected chi connectivity index (χ0v) is 15.7. The molecule has 4 nitrogen and oxygen atoms in total. The molecule has 4 heteroatoms. The molecule has 3 rings (SSSR count). The number of nitrogens with zero attached hydrogens (tertiary/aromatic N) is 1. The highest BCUT2D eigenvalue weighted by Crippen LogP contribution is 2.28. The predicted molar refractivity (Wildman–Crippen MR) is 101 cm³/mol. The lowest BCUT2D eigenvalue weighted by molar-refractivity contribution is 0.0942. The molecule has 0 spiro atoms. The van der Waals surface area contributed by atoms with Gasteiger partial charge in [-0.2, -0.15) is 0 Å². The third-order valence-electron chi connectivity index (χ3n) is 5.47. The number of pyridine rings is 1. The van der Waals surface area contributed by atoms with Gasteiger partial charge in [-0.15, -0.1) is 0 Å². The molecule has 1 amide bonds. The van der Waals surface area contributed by atoms with Crippen molar-refractivity contribution >= 4 is 11.4 Å². The molecular formula is C21H30N2O2. The molecule has 1 aliphatic carbocycles. The van der Waals surface area contributed by atoms with Crippen molar-refractivity contribution in [1.82, 2.24) is 9.72 Å². The Bertz CT molecular complexity index is 735. The van der Waals surface area contributed by atoms with Crippen LogP contribution < -0.4 is 5.32 Å². The SMILES string of the molecule is COCCc1cc(C(=O)NCC2CCCC(C)C2)c2c(C)cccn12. The van der Waals surface area contributed by atoms with Crippen LogP contribution in [0.4, 0.5) is 0 Å². The van der Waals surface area contributed by atoms with Crippen LogP contribution in [-0.2, 0) is 11.2 Å². The number of hydrogen-bond acceptors (Lipinski definition) is 2. The molecule has 1 aliphatic rings. The molecule has 136 valence electrons. The van der Waals surface area contributed by atoms with Crippen molar-refractivity contribution in [2.75, 3.05) is 20.3 Å². The maximum Gasteiger partial charge on any atom is 0.253 e. The third-order valence-corrected chi connectivity index (χ3v) is 5.47. The average molecular weight is 342 g/mol. The number of carbonyl (C=O) groups excluding carboxylic acids is 1. The second kappa shape index (κ2) is 8.05. The van der Waals surface area contributed by atoms with E-state index in [1.165, 1.54) is 25.7 Å². The van der Waals surface area contributed by atoms with E-state index in [2.05, 4.69) is 29.6 Å². The number of aromatic nitrogens is 1. The van der Waals surface area contributed by atoms with Gasteiger partial charge in [-0.1, -0.05) is 25.8 Å². The van der Waals surface area contributed by atoms with E-state index in [1.807, 2.05) is 18.3 Å². The average Bonchev–Trinajstić information content (AvgIpc) is 2.98. The fourth-order valence-corrected chi connectivity index (χ4v) is 4.15. The summed E-state index contributed by atoms with van der Waals surface area (Å²) in [5.74, 6) is 1.46. The Morgan fingerprint density at radius 3 is 3.00 bits per heavy atom. The van der Waals surface area contributed by atoms with Gasteiger partial charge in [-0.25, -0.2) is 0 Å². The fraction of sp³-hybridized carbons (Fsp3) is 0.571. The van der Waals surface area contributed by atoms with Gasteiger partial charge >= 0.3 is 0 Å². The van der Waals surface area contributed by atoms with Crippen molar-refractivity contribution < 1.29 is 9.53 Å². The van der Waals surface area contributed by atoms with Crippen LogP contribution in [0.25, 0.3) is 5.52 Å². The Hall–Kier alpha value is -1.81. The zero-order chi connectivity index (χ0) is 17.8. The Labute approximate surface area is 150 Å². The summed E-state index contributed by atoms with van der Waals surface area (Å²) >= 11 is 0. The van der Waals surface area contributed by atoms with Crippen molar-refractivity contribution in [3.8, 4) is 0 Å². The molecular weight excluding hydrogens is 312 g/mol. The summed E-state index contributed by atoms with van der Waals surface area (Å²) in [5, 5.41) is 3.19.